The average Bonchev–Trinajstić information content (AvgIpc) is 2.94. The maximum absolute atomic E-state index is 11.5. The van der Waals surface area contributed by atoms with Gasteiger partial charge in [0.15, 0.2) is 5.00 Å². The minimum atomic E-state index is -0.170. The highest BCUT2D eigenvalue weighted by Gasteiger charge is 2.10. The summed E-state index contributed by atoms with van der Waals surface area (Å²) < 4.78 is 0.974. The van der Waals surface area contributed by atoms with Crippen LogP contribution in [0.1, 0.15) is 20.8 Å². The summed E-state index contributed by atoms with van der Waals surface area (Å²) in [6.45, 7) is 7.36. The fraction of sp³-hybridized carbons (Fsp3) is 0.312. The second-order valence-electron chi connectivity index (χ2n) is 5.14. The molecular formula is C16H20IN5O2S. The molecule has 7 nitrogen and oxygen atoms in total. The fourth-order valence-corrected chi connectivity index (χ4v) is 3.89. The van der Waals surface area contributed by atoms with Crippen LogP contribution in [0.5, 0.6) is 0 Å². The number of amides is 1. The number of azo groups is 1. The lowest BCUT2D eigenvalue weighted by atomic mass is 10.2. The van der Waals surface area contributed by atoms with E-state index in [1.54, 1.807) is 6.07 Å². The summed E-state index contributed by atoms with van der Waals surface area (Å²) in [5.41, 5.74) is 4.78. The van der Waals surface area contributed by atoms with E-state index in [9.17, 15) is 4.79 Å². The molecule has 2 rings (SSSR count). The molecule has 134 valence electrons. The second-order valence-corrected chi connectivity index (χ2v) is 8.06. The number of benzene rings is 1. The maximum atomic E-state index is 11.5. The predicted octanol–water partition coefficient (Wildman–Crippen LogP) is 5.37. The van der Waals surface area contributed by atoms with Crippen molar-refractivity contribution in [1.29, 1.82) is 0 Å². The molecule has 0 unspecified atom stereocenters. The first-order chi connectivity index (χ1) is 12.0. The van der Waals surface area contributed by atoms with E-state index in [1.807, 2.05) is 18.2 Å². The number of anilines is 3. The molecule has 1 aromatic heterocycles. The Morgan fingerprint density at radius 1 is 1.24 bits per heavy atom. The van der Waals surface area contributed by atoms with Crippen LogP contribution in [-0.4, -0.2) is 24.2 Å². The third kappa shape index (κ3) is 5.13. The van der Waals surface area contributed by atoms with E-state index in [-0.39, 0.29) is 5.91 Å². The second kappa shape index (κ2) is 9.11. The zero-order chi connectivity index (χ0) is 18.4. The lowest BCUT2D eigenvalue weighted by Gasteiger charge is -2.22. The van der Waals surface area contributed by atoms with Gasteiger partial charge < -0.3 is 10.2 Å². The molecule has 0 radical (unpaired) electrons. The molecule has 1 heterocycles. The number of rotatable bonds is 7. The zero-order valence-electron chi connectivity index (χ0n) is 14.2. The first-order valence-corrected chi connectivity index (χ1v) is 9.65. The Morgan fingerprint density at radius 3 is 2.56 bits per heavy atom. The molecule has 1 aromatic carbocycles. The Hall–Kier alpha value is -1.72. The molecule has 0 bridgehead atoms. The van der Waals surface area contributed by atoms with E-state index in [0.29, 0.717) is 22.1 Å². The van der Waals surface area contributed by atoms with Crippen molar-refractivity contribution < 1.29 is 10.0 Å². The number of nitrogens with zero attached hydrogens (tertiary/aromatic N) is 3. The Balaban J connectivity index is 2.38. The highest BCUT2D eigenvalue weighted by molar-refractivity contribution is 14.1. The summed E-state index contributed by atoms with van der Waals surface area (Å²) in [5.74, 6) is -0.170. The summed E-state index contributed by atoms with van der Waals surface area (Å²) in [6, 6.07) is 7.45. The number of hydrogen-bond acceptors (Lipinski definition) is 7. The smallest absolute Gasteiger partial charge is 0.221 e. The summed E-state index contributed by atoms with van der Waals surface area (Å²) in [4.78, 5) is 13.7. The number of hydrogen-bond donors (Lipinski definition) is 3. The van der Waals surface area contributed by atoms with Crippen molar-refractivity contribution in [3.8, 4) is 0 Å². The normalized spacial score (nSPS) is 10.9. The Labute approximate surface area is 164 Å². The van der Waals surface area contributed by atoms with Gasteiger partial charge >= 0.3 is 0 Å². The quantitative estimate of drug-likeness (QED) is 0.287. The van der Waals surface area contributed by atoms with Crippen LogP contribution in [0, 0.1) is 2.88 Å². The van der Waals surface area contributed by atoms with Gasteiger partial charge in [0.05, 0.1) is 14.3 Å². The molecule has 0 atom stereocenters. The molecule has 0 saturated heterocycles. The Morgan fingerprint density at radius 2 is 1.96 bits per heavy atom. The van der Waals surface area contributed by atoms with Crippen molar-refractivity contribution in [2.45, 2.75) is 20.8 Å². The molecule has 3 N–H and O–H groups in total. The lowest BCUT2D eigenvalue weighted by Crippen LogP contribution is -2.21. The van der Waals surface area contributed by atoms with Gasteiger partial charge in [-0.05, 0) is 60.7 Å². The van der Waals surface area contributed by atoms with E-state index in [1.165, 1.54) is 18.3 Å². The standard InChI is InChI=1S/C16H20IN5O2S/c1-4-22(5-2)11-6-7-12(13(8-11)18-10(3)23)19-20-16-14(21-24)9-15(17)25-16/h6-9,21,24H,4-5H2,1-3H3,(H,18,23)/b20-19+. The molecule has 25 heavy (non-hydrogen) atoms. The summed E-state index contributed by atoms with van der Waals surface area (Å²) in [5, 5.41) is 21.0. The number of nitrogens with one attached hydrogen (secondary N) is 2. The van der Waals surface area contributed by atoms with Crippen molar-refractivity contribution >= 4 is 67.6 Å². The van der Waals surface area contributed by atoms with E-state index in [2.05, 4.69) is 62.4 Å². The number of carbonyl (C=O) groups is 1. The predicted molar refractivity (Wildman–Crippen MR) is 111 cm³/mol. The minimum Gasteiger partial charge on any atom is -0.372 e. The highest BCUT2D eigenvalue weighted by Crippen LogP contribution is 2.38. The van der Waals surface area contributed by atoms with Gasteiger partial charge in [0, 0.05) is 25.7 Å². The van der Waals surface area contributed by atoms with Gasteiger partial charge in [-0.3, -0.25) is 15.5 Å². The average molecular weight is 473 g/mol. The van der Waals surface area contributed by atoms with Crippen molar-refractivity contribution in [3.05, 3.63) is 27.1 Å². The van der Waals surface area contributed by atoms with Crippen LogP contribution in [0.25, 0.3) is 0 Å². The molecule has 0 aliphatic rings. The SMILES string of the molecule is CCN(CC)c1ccc(/N=N/c2sc(I)cc2NO)c(NC(C)=O)c1. The Kier molecular flexibility index (Phi) is 7.14. The van der Waals surface area contributed by atoms with Crippen molar-refractivity contribution in [2.24, 2.45) is 10.2 Å². The van der Waals surface area contributed by atoms with Crippen LogP contribution < -0.4 is 15.7 Å². The Bertz CT molecular complexity index is 774. The molecule has 0 aliphatic carbocycles. The number of carbonyl (C=O) groups excluding carboxylic acids is 1. The molecule has 0 spiro atoms. The summed E-state index contributed by atoms with van der Waals surface area (Å²) >= 11 is 3.55. The van der Waals surface area contributed by atoms with Crippen LogP contribution >= 0.6 is 33.9 Å². The first kappa shape index (κ1) is 19.6. The monoisotopic (exact) mass is 473 g/mol. The topological polar surface area (TPSA) is 89.3 Å². The molecule has 0 fully saturated rings. The van der Waals surface area contributed by atoms with Gasteiger partial charge in [-0.15, -0.1) is 21.6 Å². The van der Waals surface area contributed by atoms with Crippen LogP contribution in [-0.2, 0) is 4.79 Å². The molecule has 9 heteroatoms. The molecule has 0 saturated carbocycles. The van der Waals surface area contributed by atoms with Crippen LogP contribution in [0.15, 0.2) is 34.5 Å². The van der Waals surface area contributed by atoms with Gasteiger partial charge in [0.25, 0.3) is 0 Å². The van der Waals surface area contributed by atoms with E-state index < -0.39 is 0 Å². The van der Waals surface area contributed by atoms with Gasteiger partial charge in [-0.2, -0.15) is 0 Å². The molecule has 1 amide bonds. The van der Waals surface area contributed by atoms with Gasteiger partial charge in [-0.1, -0.05) is 0 Å². The third-order valence-electron chi connectivity index (χ3n) is 3.47. The summed E-state index contributed by atoms with van der Waals surface area (Å²) in [6.07, 6.45) is 0. The fourth-order valence-electron chi connectivity index (χ4n) is 2.29. The van der Waals surface area contributed by atoms with E-state index in [4.69, 9.17) is 5.21 Å². The summed E-state index contributed by atoms with van der Waals surface area (Å²) in [7, 11) is 0. The van der Waals surface area contributed by atoms with Crippen LogP contribution in [0.3, 0.4) is 0 Å². The molecule has 0 aliphatic heterocycles. The highest BCUT2D eigenvalue weighted by atomic mass is 127. The maximum Gasteiger partial charge on any atom is 0.221 e. The van der Waals surface area contributed by atoms with E-state index in [0.717, 1.165) is 21.7 Å². The van der Waals surface area contributed by atoms with E-state index >= 15 is 0 Å². The number of thiophene rings is 1. The number of halogens is 1. The van der Waals surface area contributed by atoms with Crippen molar-refractivity contribution in [3.63, 3.8) is 0 Å². The molecular weight excluding hydrogens is 453 g/mol. The zero-order valence-corrected chi connectivity index (χ0v) is 17.2. The first-order valence-electron chi connectivity index (χ1n) is 7.76. The largest absolute Gasteiger partial charge is 0.372 e. The van der Waals surface area contributed by atoms with Gasteiger partial charge in [0.2, 0.25) is 5.91 Å². The van der Waals surface area contributed by atoms with Gasteiger partial charge in [-0.25, -0.2) is 0 Å². The van der Waals surface area contributed by atoms with Crippen molar-refractivity contribution in [2.75, 3.05) is 28.8 Å². The van der Waals surface area contributed by atoms with Gasteiger partial charge in [0.1, 0.15) is 5.69 Å². The molecule has 2 aromatic rings. The van der Waals surface area contributed by atoms with Crippen LogP contribution in [0.2, 0.25) is 0 Å². The lowest BCUT2D eigenvalue weighted by molar-refractivity contribution is -0.114. The third-order valence-corrected chi connectivity index (χ3v) is 5.25. The van der Waals surface area contributed by atoms with Crippen LogP contribution in [0.4, 0.5) is 27.8 Å². The van der Waals surface area contributed by atoms with Crippen molar-refractivity contribution in [1.82, 2.24) is 0 Å². The minimum absolute atomic E-state index is 0.170.